The maximum atomic E-state index is 15.0. The topological polar surface area (TPSA) is 92.3 Å². The molecule has 0 saturated carbocycles. The average Bonchev–Trinajstić information content (AvgIpc) is 2.83. The van der Waals surface area contributed by atoms with Crippen LogP contribution >= 0.6 is 0 Å². The normalized spacial score (nSPS) is 10.2. The molecule has 33 heavy (non-hydrogen) atoms. The Morgan fingerprint density at radius 2 is 1.52 bits per heavy atom. The molecule has 0 heterocycles. The second-order valence-electron chi connectivity index (χ2n) is 6.46. The molecule has 0 aromatic heterocycles. The molecular formula is C24H15F3N2O4. The van der Waals surface area contributed by atoms with Gasteiger partial charge in [-0.15, -0.1) is 0 Å². The summed E-state index contributed by atoms with van der Waals surface area (Å²) in [6, 6.07) is 13.9. The fourth-order valence-electron chi connectivity index (χ4n) is 3.12. The van der Waals surface area contributed by atoms with E-state index in [1.54, 1.807) is 37.3 Å². The van der Waals surface area contributed by atoms with Gasteiger partial charge in [0.15, 0.2) is 23.1 Å². The molecule has 0 N–H and O–H groups in total. The van der Waals surface area contributed by atoms with Gasteiger partial charge in [0.1, 0.15) is 28.8 Å². The van der Waals surface area contributed by atoms with Crippen LogP contribution in [0.1, 0.15) is 28.4 Å². The summed E-state index contributed by atoms with van der Waals surface area (Å²) < 4.78 is 59.9. The summed E-state index contributed by atoms with van der Waals surface area (Å²) in [5.41, 5.74) is -1.44. The van der Waals surface area contributed by atoms with Gasteiger partial charge in [-0.1, -0.05) is 30.3 Å². The average molecular weight is 452 g/mol. The number of hydrogen-bond acceptors (Lipinski definition) is 6. The lowest BCUT2D eigenvalue weighted by Gasteiger charge is -2.19. The molecule has 0 bridgehead atoms. The van der Waals surface area contributed by atoms with Gasteiger partial charge < -0.3 is 14.2 Å². The third kappa shape index (κ3) is 4.17. The maximum Gasteiger partial charge on any atom is 0.342 e. The third-order valence-electron chi connectivity index (χ3n) is 4.60. The van der Waals surface area contributed by atoms with E-state index in [0.29, 0.717) is 5.56 Å². The molecule has 0 saturated heterocycles. The minimum absolute atomic E-state index is 0.0498. The van der Waals surface area contributed by atoms with Crippen molar-refractivity contribution < 1.29 is 32.2 Å². The summed E-state index contributed by atoms with van der Waals surface area (Å²) in [4.78, 5) is 12.4. The van der Waals surface area contributed by atoms with E-state index in [0.717, 1.165) is 0 Å². The smallest absolute Gasteiger partial charge is 0.342 e. The summed E-state index contributed by atoms with van der Waals surface area (Å²) in [6.07, 6.45) is 0. The van der Waals surface area contributed by atoms with Crippen molar-refractivity contribution in [2.24, 2.45) is 0 Å². The number of hydrogen-bond donors (Lipinski definition) is 0. The largest absolute Gasteiger partial charge is 0.492 e. The van der Waals surface area contributed by atoms with Gasteiger partial charge in [0.05, 0.1) is 13.7 Å². The van der Waals surface area contributed by atoms with E-state index >= 15 is 0 Å². The van der Waals surface area contributed by atoms with Crippen LogP contribution in [0.5, 0.6) is 17.2 Å². The Labute approximate surface area is 187 Å². The monoisotopic (exact) mass is 452 g/mol. The maximum absolute atomic E-state index is 15.0. The van der Waals surface area contributed by atoms with Gasteiger partial charge in [-0.3, -0.25) is 0 Å². The Morgan fingerprint density at radius 1 is 0.879 bits per heavy atom. The third-order valence-corrected chi connectivity index (χ3v) is 4.60. The van der Waals surface area contributed by atoms with Gasteiger partial charge in [-0.05, 0) is 24.6 Å². The van der Waals surface area contributed by atoms with Crippen LogP contribution in [0.4, 0.5) is 13.2 Å². The molecule has 166 valence electrons. The van der Waals surface area contributed by atoms with Crippen LogP contribution in [0.25, 0.3) is 11.1 Å². The van der Waals surface area contributed by atoms with E-state index < -0.39 is 40.3 Å². The lowest BCUT2D eigenvalue weighted by atomic mass is 10.0. The molecule has 3 aromatic rings. The number of nitriles is 2. The highest BCUT2D eigenvalue weighted by Gasteiger charge is 2.30. The van der Waals surface area contributed by atoms with Crippen LogP contribution in [0, 0.1) is 40.1 Å². The molecule has 0 fully saturated rings. The fourth-order valence-corrected chi connectivity index (χ4v) is 3.12. The van der Waals surface area contributed by atoms with Crippen molar-refractivity contribution in [2.75, 3.05) is 13.7 Å². The second kappa shape index (κ2) is 9.75. The molecule has 0 spiro atoms. The van der Waals surface area contributed by atoms with E-state index in [2.05, 4.69) is 0 Å². The number of esters is 1. The molecule has 9 heteroatoms. The zero-order chi connectivity index (χ0) is 24.1. The molecule has 0 atom stereocenters. The number of carbonyl (C=O) groups is 1. The van der Waals surface area contributed by atoms with Crippen LogP contribution in [0.3, 0.4) is 0 Å². The lowest BCUT2D eigenvalue weighted by molar-refractivity contribution is 0.0522. The first-order valence-corrected chi connectivity index (χ1v) is 9.51. The molecule has 3 rings (SSSR count). The summed E-state index contributed by atoms with van der Waals surface area (Å²) in [6.45, 7) is 1.64. The van der Waals surface area contributed by atoms with Gasteiger partial charge >= 0.3 is 5.97 Å². The molecule has 0 radical (unpaired) electrons. The molecular weight excluding hydrogens is 437 g/mol. The molecule has 0 aliphatic rings. The minimum atomic E-state index is -1.81. The Kier molecular flexibility index (Phi) is 6.85. The Morgan fingerprint density at radius 3 is 2.09 bits per heavy atom. The quantitative estimate of drug-likeness (QED) is 0.363. The van der Waals surface area contributed by atoms with Crippen molar-refractivity contribution in [2.45, 2.75) is 6.92 Å². The van der Waals surface area contributed by atoms with Crippen molar-refractivity contribution in [3.8, 4) is 40.5 Å². The van der Waals surface area contributed by atoms with Crippen molar-refractivity contribution in [3.63, 3.8) is 0 Å². The number of halogens is 3. The van der Waals surface area contributed by atoms with Crippen molar-refractivity contribution in [1.82, 2.24) is 0 Å². The lowest BCUT2D eigenvalue weighted by Crippen LogP contribution is -2.09. The number of benzene rings is 3. The summed E-state index contributed by atoms with van der Waals surface area (Å²) >= 11 is 0. The van der Waals surface area contributed by atoms with Gasteiger partial charge in [-0.25, -0.2) is 13.6 Å². The zero-order valence-corrected chi connectivity index (χ0v) is 17.4. The van der Waals surface area contributed by atoms with E-state index in [9.17, 15) is 23.2 Å². The van der Waals surface area contributed by atoms with Crippen LogP contribution in [0.15, 0.2) is 42.5 Å². The van der Waals surface area contributed by atoms with Gasteiger partial charge in [0, 0.05) is 5.56 Å². The first-order valence-electron chi connectivity index (χ1n) is 9.51. The predicted molar refractivity (Wildman–Crippen MR) is 110 cm³/mol. The predicted octanol–water partition coefficient (Wildman–Crippen LogP) is 5.49. The van der Waals surface area contributed by atoms with E-state index in [1.807, 2.05) is 0 Å². The van der Waals surface area contributed by atoms with E-state index in [1.165, 1.54) is 31.4 Å². The zero-order valence-electron chi connectivity index (χ0n) is 17.4. The molecule has 0 unspecified atom stereocenters. The molecule has 0 amide bonds. The van der Waals surface area contributed by atoms with Crippen LogP contribution in [-0.4, -0.2) is 19.7 Å². The Balaban J connectivity index is 2.33. The number of nitrogens with zero attached hydrogens (tertiary/aromatic N) is 2. The number of rotatable bonds is 6. The Hall–Kier alpha value is -4.50. The SMILES string of the molecule is CCOC(=O)c1ccc(-c2ccccc2)c(Oc2c(F)c(F)c(C#N)c(C#N)c2F)c1OC. The number of ether oxygens (including phenoxy) is 3. The van der Waals surface area contributed by atoms with Crippen LogP contribution in [0.2, 0.25) is 0 Å². The molecule has 6 nitrogen and oxygen atoms in total. The number of methoxy groups -OCH3 is 1. The Bertz CT molecular complexity index is 1310. The number of carbonyl (C=O) groups excluding carboxylic acids is 1. The van der Waals surface area contributed by atoms with Crippen LogP contribution in [-0.2, 0) is 4.74 Å². The van der Waals surface area contributed by atoms with Gasteiger partial charge in [-0.2, -0.15) is 14.9 Å². The van der Waals surface area contributed by atoms with Gasteiger partial charge in [0.25, 0.3) is 0 Å². The second-order valence-corrected chi connectivity index (χ2v) is 6.46. The molecule has 0 aliphatic carbocycles. The van der Waals surface area contributed by atoms with E-state index in [-0.39, 0.29) is 29.2 Å². The minimum Gasteiger partial charge on any atom is -0.492 e. The van der Waals surface area contributed by atoms with Crippen LogP contribution < -0.4 is 9.47 Å². The van der Waals surface area contributed by atoms with Crippen molar-refractivity contribution in [3.05, 3.63) is 76.6 Å². The summed E-state index contributed by atoms with van der Waals surface area (Å²) in [5, 5.41) is 18.2. The van der Waals surface area contributed by atoms with E-state index in [4.69, 9.17) is 19.5 Å². The standard InChI is InChI=1S/C24H15F3N2O4/c1-3-32-24(30)15-10-9-14(13-7-5-4-6-8-13)22(21(15)31-2)33-23-19(26)17(12-29)16(11-28)18(25)20(23)27/h4-10H,3H2,1-2H3. The summed E-state index contributed by atoms with van der Waals surface area (Å²) in [7, 11) is 1.20. The summed E-state index contributed by atoms with van der Waals surface area (Å²) in [5.74, 6) is -7.73. The van der Waals surface area contributed by atoms with Gasteiger partial charge in [0.2, 0.25) is 11.6 Å². The van der Waals surface area contributed by atoms with Crippen molar-refractivity contribution in [1.29, 1.82) is 10.5 Å². The first kappa shape index (κ1) is 23.2. The molecule has 0 aliphatic heterocycles. The highest BCUT2D eigenvalue weighted by atomic mass is 19.2. The molecule has 3 aromatic carbocycles. The first-order chi connectivity index (χ1) is 15.9. The fraction of sp³-hybridized carbons (Fsp3) is 0.125. The van der Waals surface area contributed by atoms with Crippen molar-refractivity contribution >= 4 is 5.97 Å². The highest BCUT2D eigenvalue weighted by molar-refractivity contribution is 5.95. The highest BCUT2D eigenvalue weighted by Crippen LogP contribution is 2.45.